The van der Waals surface area contributed by atoms with Crippen LogP contribution in [-0.4, -0.2) is 16.6 Å². The van der Waals surface area contributed by atoms with Crippen molar-refractivity contribution in [2.75, 3.05) is 0 Å². The smallest absolute Gasteiger partial charge is 0.173 e. The SMILES string of the molecule is O=C(CC(=O)c1cc(Cl)sc1Cl)c1cccnc1. The van der Waals surface area contributed by atoms with E-state index in [-0.39, 0.29) is 18.0 Å². The van der Waals surface area contributed by atoms with Crippen LogP contribution in [0.4, 0.5) is 0 Å². The minimum absolute atomic E-state index is 0.238. The molecular formula is C12H7Cl2NO2S. The van der Waals surface area contributed by atoms with Crippen LogP contribution in [0.1, 0.15) is 27.1 Å². The molecule has 3 nitrogen and oxygen atoms in total. The number of rotatable bonds is 4. The van der Waals surface area contributed by atoms with E-state index in [1.165, 1.54) is 12.3 Å². The summed E-state index contributed by atoms with van der Waals surface area (Å²) in [6.07, 6.45) is 2.75. The summed E-state index contributed by atoms with van der Waals surface area (Å²) in [6.45, 7) is 0. The summed E-state index contributed by atoms with van der Waals surface area (Å²) in [4.78, 5) is 27.5. The molecule has 0 saturated carbocycles. The number of hydrogen-bond acceptors (Lipinski definition) is 4. The summed E-state index contributed by atoms with van der Waals surface area (Å²) >= 11 is 12.7. The molecule has 0 atom stereocenters. The Morgan fingerprint density at radius 3 is 2.61 bits per heavy atom. The monoisotopic (exact) mass is 299 g/mol. The van der Waals surface area contributed by atoms with Crippen LogP contribution in [0.25, 0.3) is 0 Å². The Morgan fingerprint density at radius 2 is 2.06 bits per heavy atom. The van der Waals surface area contributed by atoms with Crippen LogP contribution >= 0.6 is 34.5 Å². The molecule has 18 heavy (non-hydrogen) atoms. The van der Waals surface area contributed by atoms with Crippen LogP contribution in [0.2, 0.25) is 8.67 Å². The van der Waals surface area contributed by atoms with E-state index < -0.39 is 0 Å². The highest BCUT2D eigenvalue weighted by Crippen LogP contribution is 2.32. The normalized spacial score (nSPS) is 10.3. The third-order valence-electron chi connectivity index (χ3n) is 2.26. The molecule has 0 saturated heterocycles. The fourth-order valence-corrected chi connectivity index (χ4v) is 2.90. The van der Waals surface area contributed by atoms with Crippen LogP contribution in [0, 0.1) is 0 Å². The molecule has 0 bridgehead atoms. The van der Waals surface area contributed by atoms with Crippen molar-refractivity contribution in [3.63, 3.8) is 0 Å². The average Bonchev–Trinajstić information content (AvgIpc) is 2.69. The van der Waals surface area contributed by atoms with Gasteiger partial charge in [-0.25, -0.2) is 0 Å². The van der Waals surface area contributed by atoms with Crippen LogP contribution < -0.4 is 0 Å². The zero-order valence-corrected chi connectivity index (χ0v) is 11.4. The van der Waals surface area contributed by atoms with E-state index in [1.807, 2.05) is 0 Å². The molecule has 0 aromatic carbocycles. The van der Waals surface area contributed by atoms with Gasteiger partial charge in [0, 0.05) is 23.5 Å². The van der Waals surface area contributed by atoms with Crippen molar-refractivity contribution in [3.8, 4) is 0 Å². The van der Waals surface area contributed by atoms with Gasteiger partial charge in [0.05, 0.1) is 10.8 Å². The standard InChI is InChI=1S/C12H7Cl2NO2S/c13-11-4-8(12(14)18-11)10(17)5-9(16)7-2-1-3-15-6-7/h1-4,6H,5H2. The molecule has 0 fully saturated rings. The molecule has 0 aliphatic carbocycles. The lowest BCUT2D eigenvalue weighted by atomic mass is 10.1. The predicted octanol–water partition coefficient (Wildman–Crippen LogP) is 3.91. The second kappa shape index (κ2) is 5.61. The van der Waals surface area contributed by atoms with Crippen molar-refractivity contribution >= 4 is 46.1 Å². The fraction of sp³-hybridized carbons (Fsp3) is 0.0833. The van der Waals surface area contributed by atoms with E-state index in [0.29, 0.717) is 19.8 Å². The summed E-state index contributed by atoms with van der Waals surface area (Å²) in [5.74, 6) is -0.622. The highest BCUT2D eigenvalue weighted by molar-refractivity contribution is 7.20. The van der Waals surface area contributed by atoms with Crippen LogP contribution in [0.5, 0.6) is 0 Å². The fourth-order valence-electron chi connectivity index (χ4n) is 1.40. The number of ketones is 2. The van der Waals surface area contributed by atoms with Crippen molar-refractivity contribution < 1.29 is 9.59 Å². The average molecular weight is 300 g/mol. The van der Waals surface area contributed by atoms with Gasteiger partial charge in [-0.05, 0) is 18.2 Å². The van der Waals surface area contributed by atoms with E-state index in [0.717, 1.165) is 11.3 Å². The van der Waals surface area contributed by atoms with Crippen LogP contribution in [0.15, 0.2) is 30.6 Å². The number of pyridine rings is 1. The van der Waals surface area contributed by atoms with Crippen molar-refractivity contribution in [2.24, 2.45) is 0 Å². The van der Waals surface area contributed by atoms with Gasteiger partial charge >= 0.3 is 0 Å². The first-order valence-corrected chi connectivity index (χ1v) is 6.56. The van der Waals surface area contributed by atoms with Crippen molar-refractivity contribution in [1.29, 1.82) is 0 Å². The molecule has 0 aliphatic rings. The van der Waals surface area contributed by atoms with Crippen molar-refractivity contribution in [3.05, 3.63) is 50.4 Å². The number of Topliss-reactive ketones (excluding diaryl/α,β-unsaturated/α-hetero) is 2. The lowest BCUT2D eigenvalue weighted by Gasteiger charge is -1.99. The lowest BCUT2D eigenvalue weighted by Crippen LogP contribution is -2.08. The summed E-state index contributed by atoms with van der Waals surface area (Å²) in [7, 11) is 0. The number of aromatic nitrogens is 1. The highest BCUT2D eigenvalue weighted by atomic mass is 35.5. The molecule has 2 rings (SSSR count). The summed E-state index contributed by atoms with van der Waals surface area (Å²) in [6, 6.07) is 4.74. The minimum Gasteiger partial charge on any atom is -0.294 e. The van der Waals surface area contributed by atoms with Gasteiger partial charge in [0.2, 0.25) is 0 Å². The largest absolute Gasteiger partial charge is 0.294 e. The summed E-state index contributed by atoms with van der Waals surface area (Å²) in [5, 5.41) is 0. The van der Waals surface area contributed by atoms with Gasteiger partial charge in [-0.3, -0.25) is 14.6 Å². The zero-order valence-electron chi connectivity index (χ0n) is 9.02. The molecule has 2 heterocycles. The Bertz CT molecular complexity index is 595. The first-order chi connectivity index (χ1) is 8.58. The molecule has 0 spiro atoms. The van der Waals surface area contributed by atoms with Gasteiger partial charge in [-0.2, -0.15) is 0 Å². The maximum Gasteiger partial charge on any atom is 0.173 e. The van der Waals surface area contributed by atoms with Gasteiger partial charge in [0.15, 0.2) is 11.6 Å². The Labute approximate surface area is 117 Å². The lowest BCUT2D eigenvalue weighted by molar-refractivity contribution is 0.0894. The number of nitrogens with zero attached hydrogens (tertiary/aromatic N) is 1. The van der Waals surface area contributed by atoms with Gasteiger partial charge in [-0.15, -0.1) is 11.3 Å². The van der Waals surface area contributed by atoms with Crippen LogP contribution in [0.3, 0.4) is 0 Å². The van der Waals surface area contributed by atoms with E-state index in [2.05, 4.69) is 4.98 Å². The molecule has 0 aliphatic heterocycles. The molecule has 0 amide bonds. The maximum absolute atomic E-state index is 11.9. The number of thiophene rings is 1. The van der Waals surface area contributed by atoms with Gasteiger partial charge in [0.25, 0.3) is 0 Å². The topological polar surface area (TPSA) is 47.0 Å². The van der Waals surface area contributed by atoms with E-state index in [1.54, 1.807) is 18.3 Å². The minimum atomic E-state index is -0.336. The second-order valence-corrected chi connectivity index (χ2v) is 5.79. The zero-order chi connectivity index (χ0) is 13.1. The van der Waals surface area contributed by atoms with Crippen molar-refractivity contribution in [2.45, 2.75) is 6.42 Å². The maximum atomic E-state index is 11.9. The molecule has 6 heteroatoms. The third kappa shape index (κ3) is 2.96. The van der Waals surface area contributed by atoms with Gasteiger partial charge in [-0.1, -0.05) is 23.2 Å². The van der Waals surface area contributed by atoms with E-state index >= 15 is 0 Å². The first-order valence-electron chi connectivity index (χ1n) is 4.99. The predicted molar refractivity (Wildman–Crippen MR) is 71.9 cm³/mol. The summed E-state index contributed by atoms with van der Waals surface area (Å²) in [5.41, 5.74) is 0.701. The first kappa shape index (κ1) is 13.2. The Balaban J connectivity index is 2.13. The molecule has 2 aromatic heterocycles. The Kier molecular flexibility index (Phi) is 4.11. The number of carbonyl (C=O) groups is 2. The number of halogens is 2. The highest BCUT2D eigenvalue weighted by Gasteiger charge is 2.18. The molecule has 0 radical (unpaired) electrons. The second-order valence-electron chi connectivity index (χ2n) is 3.50. The molecule has 0 N–H and O–H groups in total. The van der Waals surface area contributed by atoms with Gasteiger partial charge < -0.3 is 0 Å². The Morgan fingerprint density at radius 1 is 1.28 bits per heavy atom. The Hall–Kier alpha value is -1.23. The third-order valence-corrected chi connectivity index (χ3v) is 3.75. The van der Waals surface area contributed by atoms with Crippen molar-refractivity contribution in [1.82, 2.24) is 4.98 Å². The molecule has 0 unspecified atom stereocenters. The quantitative estimate of drug-likeness (QED) is 0.635. The number of carbonyl (C=O) groups excluding carboxylic acids is 2. The summed E-state index contributed by atoms with van der Waals surface area (Å²) < 4.78 is 0.737. The number of hydrogen-bond donors (Lipinski definition) is 0. The van der Waals surface area contributed by atoms with E-state index in [4.69, 9.17) is 23.2 Å². The van der Waals surface area contributed by atoms with Crippen LogP contribution in [-0.2, 0) is 0 Å². The van der Waals surface area contributed by atoms with Gasteiger partial charge in [0.1, 0.15) is 4.34 Å². The molecular weight excluding hydrogens is 293 g/mol. The molecule has 92 valence electrons. The van der Waals surface area contributed by atoms with E-state index in [9.17, 15) is 9.59 Å². The molecule has 2 aromatic rings.